The number of hydrogen-bond acceptors (Lipinski definition) is 4. The molecule has 0 bridgehead atoms. The van der Waals surface area contributed by atoms with E-state index in [1.165, 1.54) is 18.2 Å². The Balaban J connectivity index is 1.44. The predicted octanol–water partition coefficient (Wildman–Crippen LogP) is 4.22. The third kappa shape index (κ3) is 4.25. The average molecular weight is 450 g/mol. The van der Waals surface area contributed by atoms with Crippen molar-refractivity contribution in [2.45, 2.75) is 39.0 Å². The van der Waals surface area contributed by atoms with E-state index in [0.717, 1.165) is 12.0 Å². The summed E-state index contributed by atoms with van der Waals surface area (Å²) in [5.41, 5.74) is 2.57. The van der Waals surface area contributed by atoms with Gasteiger partial charge in [0, 0.05) is 30.8 Å². The van der Waals surface area contributed by atoms with Crippen LogP contribution in [0.5, 0.6) is 0 Å². The second-order valence-electron chi connectivity index (χ2n) is 8.55. The first-order valence-electron chi connectivity index (χ1n) is 11.0. The van der Waals surface area contributed by atoms with Crippen molar-refractivity contribution in [3.63, 3.8) is 0 Å². The molecule has 8 heteroatoms. The van der Waals surface area contributed by atoms with Crippen LogP contribution in [0.25, 0.3) is 22.6 Å². The summed E-state index contributed by atoms with van der Waals surface area (Å²) in [7, 11) is 0. The monoisotopic (exact) mass is 450 g/mol. The lowest BCUT2D eigenvalue weighted by Crippen LogP contribution is -2.48. The van der Waals surface area contributed by atoms with E-state index < -0.39 is 0 Å². The first-order chi connectivity index (χ1) is 15.9. The van der Waals surface area contributed by atoms with E-state index in [9.17, 15) is 13.6 Å². The number of amides is 1. The van der Waals surface area contributed by atoms with Gasteiger partial charge in [0.2, 0.25) is 5.91 Å². The van der Waals surface area contributed by atoms with Crippen LogP contribution in [0, 0.1) is 18.6 Å². The zero-order valence-corrected chi connectivity index (χ0v) is 18.5. The number of ether oxygens (including phenoxy) is 1. The number of halogens is 2. The van der Waals surface area contributed by atoms with Gasteiger partial charge in [0.15, 0.2) is 5.90 Å². The Morgan fingerprint density at radius 2 is 1.88 bits per heavy atom. The molecule has 2 aliphatic heterocycles. The Morgan fingerprint density at radius 3 is 2.64 bits per heavy atom. The number of carbonyl (C=O) groups is 1. The number of nitrogens with zero attached hydrogens (tertiary/aromatic N) is 4. The summed E-state index contributed by atoms with van der Waals surface area (Å²) < 4.78 is 34.8. The summed E-state index contributed by atoms with van der Waals surface area (Å²) in [6.45, 7) is 4.72. The number of rotatable bonds is 4. The maximum Gasteiger partial charge on any atom is 0.242 e. The lowest BCUT2D eigenvalue weighted by Gasteiger charge is -2.33. The Hall–Kier alpha value is -3.55. The number of carbonyl (C=O) groups excluding carboxylic acids is 1. The van der Waals surface area contributed by atoms with Gasteiger partial charge in [-0.2, -0.15) is 0 Å². The van der Waals surface area contributed by atoms with Crippen molar-refractivity contribution in [3.8, 4) is 22.6 Å². The van der Waals surface area contributed by atoms with Crippen LogP contribution >= 0.6 is 0 Å². The van der Waals surface area contributed by atoms with Crippen LogP contribution in [-0.2, 0) is 16.1 Å². The highest BCUT2D eigenvalue weighted by Gasteiger charge is 2.36. The molecule has 2 atom stereocenters. The lowest BCUT2D eigenvalue weighted by molar-refractivity contribution is -0.134. The van der Waals surface area contributed by atoms with Crippen molar-refractivity contribution < 1.29 is 18.3 Å². The molecule has 0 N–H and O–H groups in total. The fourth-order valence-corrected chi connectivity index (χ4v) is 4.43. The molecule has 0 saturated carbocycles. The number of aromatic nitrogens is 2. The van der Waals surface area contributed by atoms with Crippen LogP contribution in [0.15, 0.2) is 53.7 Å². The van der Waals surface area contributed by atoms with Crippen LogP contribution in [-0.4, -0.2) is 51.5 Å². The van der Waals surface area contributed by atoms with Crippen molar-refractivity contribution >= 4 is 11.8 Å². The van der Waals surface area contributed by atoms with Gasteiger partial charge in [-0.05, 0) is 61.4 Å². The van der Waals surface area contributed by atoms with Crippen LogP contribution < -0.4 is 0 Å². The SMILES string of the molecule is CC1=NC2CCN(C(=O)Cn3cc(-c4ccc(F)c(C)c4)nc3-c3ccc(F)cc3)CC2O1. The molecule has 0 spiro atoms. The van der Waals surface area contributed by atoms with Crippen molar-refractivity contribution in [2.24, 2.45) is 4.99 Å². The second kappa shape index (κ2) is 8.42. The van der Waals surface area contributed by atoms with Gasteiger partial charge in [0.25, 0.3) is 0 Å². The van der Waals surface area contributed by atoms with Gasteiger partial charge >= 0.3 is 0 Å². The molecule has 1 saturated heterocycles. The fourth-order valence-electron chi connectivity index (χ4n) is 4.43. The largest absolute Gasteiger partial charge is 0.474 e. The molecule has 2 unspecified atom stereocenters. The number of imidazole rings is 1. The molecule has 3 aromatic rings. The standard InChI is InChI=1S/C25H24F2N4O2/c1-15-11-18(5-8-20(15)27)22-12-31(25(29-22)17-3-6-19(26)7-4-17)14-24(32)30-10-9-21-23(13-30)33-16(2)28-21/h3-8,11-12,21,23H,9-10,13-14H2,1-2H3. The third-order valence-electron chi connectivity index (χ3n) is 6.18. The van der Waals surface area contributed by atoms with Crippen molar-refractivity contribution in [1.29, 1.82) is 0 Å². The number of aliphatic imine (C=N–C) groups is 1. The molecule has 3 heterocycles. The van der Waals surface area contributed by atoms with E-state index in [1.807, 2.05) is 6.92 Å². The maximum absolute atomic E-state index is 13.8. The van der Waals surface area contributed by atoms with Crippen molar-refractivity contribution in [1.82, 2.24) is 14.5 Å². The molecule has 2 aromatic carbocycles. The Labute approximate surface area is 190 Å². The number of aryl methyl sites for hydroxylation is 1. The molecule has 2 aliphatic rings. The zero-order valence-electron chi connectivity index (χ0n) is 18.5. The topological polar surface area (TPSA) is 59.7 Å². The van der Waals surface area contributed by atoms with Crippen molar-refractivity contribution in [3.05, 3.63) is 65.9 Å². The van der Waals surface area contributed by atoms with E-state index in [2.05, 4.69) is 4.99 Å². The minimum Gasteiger partial charge on any atom is -0.474 e. The number of fused-ring (bicyclic) bond motifs is 1. The predicted molar refractivity (Wildman–Crippen MR) is 121 cm³/mol. The van der Waals surface area contributed by atoms with E-state index in [1.54, 1.807) is 46.9 Å². The normalized spacial score (nSPS) is 19.8. The van der Waals surface area contributed by atoms with Crippen LogP contribution in [0.1, 0.15) is 18.9 Å². The molecule has 1 fully saturated rings. The van der Waals surface area contributed by atoms with Crippen LogP contribution in [0.2, 0.25) is 0 Å². The van der Waals surface area contributed by atoms with Gasteiger partial charge in [-0.15, -0.1) is 0 Å². The Morgan fingerprint density at radius 1 is 1.12 bits per heavy atom. The molecule has 33 heavy (non-hydrogen) atoms. The molecule has 1 aromatic heterocycles. The minimum atomic E-state index is -0.348. The molecule has 0 aliphatic carbocycles. The summed E-state index contributed by atoms with van der Waals surface area (Å²) in [4.78, 5) is 24.2. The number of hydrogen-bond donors (Lipinski definition) is 0. The molecule has 0 radical (unpaired) electrons. The van der Waals surface area contributed by atoms with E-state index in [-0.39, 0.29) is 36.2 Å². The van der Waals surface area contributed by atoms with Crippen LogP contribution in [0.4, 0.5) is 8.78 Å². The fraction of sp³-hybridized carbons (Fsp3) is 0.320. The van der Waals surface area contributed by atoms with E-state index >= 15 is 0 Å². The quantitative estimate of drug-likeness (QED) is 0.598. The lowest BCUT2D eigenvalue weighted by atomic mass is 10.0. The zero-order chi connectivity index (χ0) is 23.1. The Bertz CT molecular complexity index is 1240. The second-order valence-corrected chi connectivity index (χ2v) is 8.55. The van der Waals surface area contributed by atoms with E-state index in [4.69, 9.17) is 9.72 Å². The molecule has 6 nitrogen and oxygen atoms in total. The maximum atomic E-state index is 13.8. The van der Waals surface area contributed by atoms with Gasteiger partial charge in [0.1, 0.15) is 30.1 Å². The number of likely N-dealkylation sites (tertiary alicyclic amines) is 1. The van der Waals surface area contributed by atoms with Gasteiger partial charge in [-0.25, -0.2) is 18.8 Å². The first kappa shape index (κ1) is 21.3. The number of benzene rings is 2. The van der Waals surface area contributed by atoms with Crippen LogP contribution in [0.3, 0.4) is 0 Å². The summed E-state index contributed by atoms with van der Waals surface area (Å²) in [6.07, 6.45) is 2.46. The van der Waals surface area contributed by atoms with Gasteiger partial charge in [-0.3, -0.25) is 4.79 Å². The third-order valence-corrected chi connectivity index (χ3v) is 6.18. The van der Waals surface area contributed by atoms with Gasteiger partial charge in [-0.1, -0.05) is 0 Å². The summed E-state index contributed by atoms with van der Waals surface area (Å²) >= 11 is 0. The summed E-state index contributed by atoms with van der Waals surface area (Å²) in [5.74, 6) is 0.533. The van der Waals surface area contributed by atoms with E-state index in [0.29, 0.717) is 41.6 Å². The number of piperidine rings is 1. The highest BCUT2D eigenvalue weighted by Crippen LogP contribution is 2.28. The molecule has 1 amide bonds. The first-order valence-corrected chi connectivity index (χ1v) is 11.0. The minimum absolute atomic E-state index is 0.0517. The highest BCUT2D eigenvalue weighted by molar-refractivity contribution is 5.79. The van der Waals surface area contributed by atoms with Gasteiger partial charge < -0.3 is 14.2 Å². The molecular formula is C25H24F2N4O2. The summed E-state index contributed by atoms with van der Waals surface area (Å²) in [5, 5.41) is 0. The summed E-state index contributed by atoms with van der Waals surface area (Å²) in [6, 6.07) is 10.9. The average Bonchev–Trinajstić information content (AvgIpc) is 3.38. The molecule has 170 valence electrons. The van der Waals surface area contributed by atoms with Crippen molar-refractivity contribution in [2.75, 3.05) is 13.1 Å². The van der Waals surface area contributed by atoms with Gasteiger partial charge in [0.05, 0.1) is 18.3 Å². The molecule has 5 rings (SSSR count). The highest BCUT2D eigenvalue weighted by atomic mass is 19.1. The smallest absolute Gasteiger partial charge is 0.242 e. The Kier molecular flexibility index (Phi) is 5.44. The molecular weight excluding hydrogens is 426 g/mol.